The Morgan fingerprint density at radius 3 is 2.26 bits per heavy atom. The molecule has 1 unspecified atom stereocenters. The zero-order valence-electron chi connectivity index (χ0n) is 26.7. The molecule has 246 valence electrons. The van der Waals surface area contributed by atoms with Gasteiger partial charge in [-0.3, -0.25) is 19.9 Å². The molecule has 0 aromatic heterocycles. The number of ether oxygens (including phenoxy) is 2. The zero-order valence-corrected chi connectivity index (χ0v) is 27.5. The Labute approximate surface area is 276 Å². The summed E-state index contributed by atoms with van der Waals surface area (Å²) in [5, 5.41) is 16.0. The molecule has 47 heavy (non-hydrogen) atoms. The summed E-state index contributed by atoms with van der Waals surface area (Å²) >= 11 is 0. The third-order valence-electron chi connectivity index (χ3n) is 8.37. The molecule has 4 N–H and O–H groups in total. The molecule has 1 aliphatic rings. The van der Waals surface area contributed by atoms with Crippen molar-refractivity contribution < 1.29 is 22.7 Å². The normalized spacial score (nSPS) is 14.4. The molecule has 1 heterocycles. The van der Waals surface area contributed by atoms with E-state index in [1.165, 1.54) is 4.31 Å². The summed E-state index contributed by atoms with van der Waals surface area (Å²) in [6, 6.07) is 27.0. The minimum absolute atomic E-state index is 0.00662. The molecule has 0 radical (unpaired) electrons. The van der Waals surface area contributed by atoms with Crippen LogP contribution in [0.3, 0.4) is 0 Å². The van der Waals surface area contributed by atoms with Gasteiger partial charge in [-0.1, -0.05) is 54.6 Å². The highest BCUT2D eigenvalue weighted by Crippen LogP contribution is 2.30. The van der Waals surface area contributed by atoms with Crippen LogP contribution < -0.4 is 14.8 Å². The fourth-order valence-electron chi connectivity index (χ4n) is 5.78. The topological polar surface area (TPSA) is 150 Å². The molecule has 0 amide bonds. The van der Waals surface area contributed by atoms with E-state index in [0.717, 1.165) is 36.7 Å². The maximum atomic E-state index is 14.6. The minimum Gasteiger partial charge on any atom is -0.490 e. The van der Waals surface area contributed by atoms with Crippen molar-refractivity contribution in [1.82, 2.24) is 4.90 Å². The van der Waals surface area contributed by atoms with Crippen LogP contribution in [0.15, 0.2) is 91.0 Å². The molecule has 11 heteroatoms. The summed E-state index contributed by atoms with van der Waals surface area (Å²) in [6.45, 7) is 4.94. The summed E-state index contributed by atoms with van der Waals surface area (Å²) < 4.78 is 42.0. The summed E-state index contributed by atoms with van der Waals surface area (Å²) in [4.78, 5) is 15.3. The standard InChI is InChI=1S/C36H41N5O5S/c1-3-45-36(42)34(22-26-7-5-4-6-8-26)47(43,44)41(24-27-9-10-28-11-12-29(35(38)39)23-30(28)21-27)31-13-15-32(16-14-31)46-33-17-19-40(20-18-33)25(2)37/h4-16,21,23,33-34,37H,3,17-20,22,24H2,1-2H3,(H3,38,39). The number of nitrogens with two attached hydrogens (primary N) is 1. The summed E-state index contributed by atoms with van der Waals surface area (Å²) in [6.07, 6.45) is 1.51. The fourth-order valence-corrected chi connectivity index (χ4v) is 7.54. The first-order valence-electron chi connectivity index (χ1n) is 15.7. The van der Waals surface area contributed by atoms with Crippen LogP contribution >= 0.6 is 0 Å². The zero-order chi connectivity index (χ0) is 33.6. The van der Waals surface area contributed by atoms with Gasteiger partial charge in [-0.15, -0.1) is 0 Å². The fraction of sp³-hybridized carbons (Fsp3) is 0.306. The van der Waals surface area contributed by atoms with Crippen molar-refractivity contribution in [2.75, 3.05) is 24.0 Å². The highest BCUT2D eigenvalue weighted by atomic mass is 32.2. The Morgan fingerprint density at radius 2 is 1.62 bits per heavy atom. The van der Waals surface area contributed by atoms with Gasteiger partial charge in [-0.2, -0.15) is 0 Å². The number of anilines is 1. The van der Waals surface area contributed by atoms with Crippen molar-refractivity contribution in [3.05, 3.63) is 108 Å². The smallest absolute Gasteiger partial charge is 0.326 e. The monoisotopic (exact) mass is 655 g/mol. The number of piperidine rings is 1. The number of carbonyl (C=O) groups is 1. The van der Waals surface area contributed by atoms with E-state index < -0.39 is 21.2 Å². The first-order chi connectivity index (χ1) is 22.5. The number of carbonyl (C=O) groups excluding carboxylic acids is 1. The highest BCUT2D eigenvalue weighted by Gasteiger charge is 2.39. The van der Waals surface area contributed by atoms with Gasteiger partial charge in [0.2, 0.25) is 10.0 Å². The molecule has 0 aliphatic carbocycles. The molecule has 1 atom stereocenters. The second-order valence-electron chi connectivity index (χ2n) is 11.7. The molecule has 0 saturated carbocycles. The maximum absolute atomic E-state index is 14.6. The molecular formula is C36H41N5O5S. The Bertz CT molecular complexity index is 1840. The molecule has 5 rings (SSSR count). The third kappa shape index (κ3) is 8.10. The van der Waals surface area contributed by atoms with Crippen LogP contribution in [0, 0.1) is 10.8 Å². The van der Waals surface area contributed by atoms with E-state index in [1.54, 1.807) is 74.5 Å². The Kier molecular flexibility index (Phi) is 10.5. The largest absolute Gasteiger partial charge is 0.490 e. The Morgan fingerprint density at radius 1 is 0.936 bits per heavy atom. The maximum Gasteiger partial charge on any atom is 0.326 e. The first kappa shape index (κ1) is 33.5. The van der Waals surface area contributed by atoms with Gasteiger partial charge < -0.3 is 20.1 Å². The van der Waals surface area contributed by atoms with E-state index in [2.05, 4.69) is 0 Å². The van der Waals surface area contributed by atoms with E-state index in [4.69, 9.17) is 26.0 Å². The van der Waals surface area contributed by atoms with Gasteiger partial charge in [0.15, 0.2) is 5.25 Å². The lowest BCUT2D eigenvalue weighted by Crippen LogP contribution is -2.44. The number of fused-ring (bicyclic) bond motifs is 1. The number of hydrogen-bond acceptors (Lipinski definition) is 7. The third-order valence-corrected chi connectivity index (χ3v) is 10.4. The van der Waals surface area contributed by atoms with Crippen molar-refractivity contribution in [3.8, 4) is 5.75 Å². The van der Waals surface area contributed by atoms with Crippen LogP contribution in [-0.4, -0.2) is 62.0 Å². The Hall–Kier alpha value is -4.90. The minimum atomic E-state index is -4.33. The van der Waals surface area contributed by atoms with Gasteiger partial charge >= 0.3 is 5.97 Å². The number of hydrogen-bond donors (Lipinski definition) is 3. The average molecular weight is 656 g/mol. The SMILES string of the molecule is CCOC(=O)C(Cc1ccccc1)S(=O)(=O)N(Cc1ccc2ccc(C(=N)N)cc2c1)c1ccc(OC2CCN(C(C)=N)CC2)cc1. The summed E-state index contributed by atoms with van der Waals surface area (Å²) in [7, 11) is -4.33. The molecule has 0 bridgehead atoms. The highest BCUT2D eigenvalue weighted by molar-refractivity contribution is 7.94. The number of rotatable bonds is 12. The number of benzene rings is 4. The Balaban J connectivity index is 1.49. The molecule has 4 aromatic carbocycles. The van der Waals surface area contributed by atoms with Crippen LogP contribution in [-0.2, 0) is 32.5 Å². The summed E-state index contributed by atoms with van der Waals surface area (Å²) in [5.41, 5.74) is 8.07. The van der Waals surface area contributed by atoms with Gasteiger partial charge in [0.05, 0.1) is 24.7 Å². The second-order valence-corrected chi connectivity index (χ2v) is 13.7. The van der Waals surface area contributed by atoms with Crippen molar-refractivity contribution >= 4 is 44.1 Å². The van der Waals surface area contributed by atoms with E-state index in [9.17, 15) is 13.2 Å². The van der Waals surface area contributed by atoms with Crippen molar-refractivity contribution in [2.45, 2.75) is 51.0 Å². The molecule has 4 aromatic rings. The van der Waals surface area contributed by atoms with Crippen molar-refractivity contribution in [2.24, 2.45) is 5.73 Å². The first-order valence-corrected chi connectivity index (χ1v) is 17.2. The van der Waals surface area contributed by atoms with Gasteiger partial charge in [0, 0.05) is 37.9 Å². The quantitative estimate of drug-likeness (QED) is 0.104. The van der Waals surface area contributed by atoms with E-state index >= 15 is 0 Å². The van der Waals surface area contributed by atoms with Crippen LogP contribution in [0.5, 0.6) is 5.75 Å². The predicted molar refractivity (Wildman–Crippen MR) is 186 cm³/mol. The van der Waals surface area contributed by atoms with Crippen LogP contribution in [0.1, 0.15) is 43.4 Å². The predicted octanol–water partition coefficient (Wildman–Crippen LogP) is 5.48. The van der Waals surface area contributed by atoms with Crippen molar-refractivity contribution in [3.63, 3.8) is 0 Å². The molecule has 10 nitrogen and oxygen atoms in total. The van der Waals surface area contributed by atoms with Gasteiger partial charge in [0.25, 0.3) is 0 Å². The lowest BCUT2D eigenvalue weighted by Gasteiger charge is -2.33. The lowest BCUT2D eigenvalue weighted by atomic mass is 10.0. The number of amidine groups is 2. The molecule has 1 fully saturated rings. The summed E-state index contributed by atoms with van der Waals surface area (Å²) in [5.74, 6) is 0.299. The number of nitrogen functional groups attached to an aromatic ring is 1. The van der Waals surface area contributed by atoms with Crippen LogP contribution in [0.2, 0.25) is 0 Å². The van der Waals surface area contributed by atoms with Gasteiger partial charge in [-0.05, 0) is 72.1 Å². The lowest BCUT2D eigenvalue weighted by molar-refractivity contribution is -0.142. The molecule has 1 aliphatic heterocycles. The van der Waals surface area contributed by atoms with E-state index in [-0.39, 0.29) is 31.5 Å². The van der Waals surface area contributed by atoms with E-state index in [0.29, 0.717) is 34.0 Å². The molecular weight excluding hydrogens is 614 g/mol. The number of sulfonamides is 1. The molecule has 1 saturated heterocycles. The second kappa shape index (κ2) is 14.7. The average Bonchev–Trinajstić information content (AvgIpc) is 3.07. The molecule has 0 spiro atoms. The number of likely N-dealkylation sites (tertiary alicyclic amines) is 1. The van der Waals surface area contributed by atoms with Crippen molar-refractivity contribution in [1.29, 1.82) is 10.8 Å². The number of esters is 1. The van der Waals surface area contributed by atoms with Gasteiger partial charge in [-0.25, -0.2) is 8.42 Å². The van der Waals surface area contributed by atoms with E-state index in [1.807, 2.05) is 35.2 Å². The van der Waals surface area contributed by atoms with Gasteiger partial charge in [0.1, 0.15) is 17.7 Å². The van der Waals surface area contributed by atoms with Crippen LogP contribution in [0.4, 0.5) is 5.69 Å². The number of nitrogens with zero attached hydrogens (tertiary/aromatic N) is 2. The number of nitrogens with one attached hydrogen (secondary N) is 2. The van der Waals surface area contributed by atoms with Crippen LogP contribution in [0.25, 0.3) is 10.8 Å².